The molecule has 2 aliphatic carbocycles. The second-order valence-corrected chi connectivity index (χ2v) is 11.3. The summed E-state index contributed by atoms with van der Waals surface area (Å²) in [6.07, 6.45) is 17.6. The average Bonchev–Trinajstić information content (AvgIpc) is 3.43. The molecule has 0 spiro atoms. The zero-order valence-electron chi connectivity index (χ0n) is 23.8. The van der Waals surface area contributed by atoms with Gasteiger partial charge >= 0.3 is 0 Å². The van der Waals surface area contributed by atoms with Gasteiger partial charge in [0.1, 0.15) is 0 Å². The predicted octanol–water partition coefficient (Wildman–Crippen LogP) is 10.1. The van der Waals surface area contributed by atoms with Gasteiger partial charge in [-0.25, -0.2) is 9.97 Å². The van der Waals surface area contributed by atoms with Crippen molar-refractivity contribution in [2.75, 3.05) is 0 Å². The molecule has 43 heavy (non-hydrogen) atoms. The first-order chi connectivity index (χ1) is 21.3. The molecule has 4 aromatic carbocycles. The minimum Gasteiger partial charge on any atom is -0.310 e. The van der Waals surface area contributed by atoms with Gasteiger partial charge in [0, 0.05) is 39.4 Å². The smallest absolute Gasteiger partial charge is 0.160 e. The van der Waals surface area contributed by atoms with Gasteiger partial charge in [-0.2, -0.15) is 0 Å². The van der Waals surface area contributed by atoms with Gasteiger partial charge in [-0.3, -0.25) is 0 Å². The first kappa shape index (κ1) is 25.4. The van der Waals surface area contributed by atoms with Crippen LogP contribution >= 0.6 is 0 Å². The van der Waals surface area contributed by atoms with Crippen molar-refractivity contribution in [2.45, 2.75) is 24.7 Å². The molecule has 3 heteroatoms. The van der Waals surface area contributed by atoms with Crippen LogP contribution in [0.1, 0.15) is 35.9 Å². The fraction of sp³-hybridized carbons (Fsp3) is 0.100. The van der Waals surface area contributed by atoms with Crippen molar-refractivity contribution < 1.29 is 0 Å². The Labute approximate surface area is 251 Å². The van der Waals surface area contributed by atoms with Crippen LogP contribution in [0.25, 0.3) is 50.1 Å². The Morgan fingerprint density at radius 1 is 0.605 bits per heavy atom. The summed E-state index contributed by atoms with van der Waals surface area (Å²) < 4.78 is 2.40. The molecule has 0 amide bonds. The molecule has 8 rings (SSSR count). The Morgan fingerprint density at radius 2 is 1.35 bits per heavy atom. The number of fused-ring (bicyclic) bond motifs is 3. The van der Waals surface area contributed by atoms with E-state index < -0.39 is 0 Å². The summed E-state index contributed by atoms with van der Waals surface area (Å²) in [5.74, 6) is 1.33. The zero-order valence-corrected chi connectivity index (χ0v) is 23.8. The van der Waals surface area contributed by atoms with Crippen LogP contribution < -0.4 is 0 Å². The molecular formula is C40H31N3. The lowest BCUT2D eigenvalue weighted by Crippen LogP contribution is -2.05. The van der Waals surface area contributed by atoms with E-state index in [4.69, 9.17) is 9.97 Å². The highest BCUT2D eigenvalue weighted by molar-refractivity contribution is 6.10. The van der Waals surface area contributed by atoms with Gasteiger partial charge in [-0.05, 0) is 48.7 Å². The van der Waals surface area contributed by atoms with Crippen LogP contribution in [-0.2, 0) is 0 Å². The van der Waals surface area contributed by atoms with Crippen molar-refractivity contribution in [3.63, 3.8) is 0 Å². The number of hydrogen-bond donors (Lipinski definition) is 0. The fourth-order valence-electron chi connectivity index (χ4n) is 6.47. The lowest BCUT2D eigenvalue weighted by Gasteiger charge is -2.20. The number of aromatic nitrogens is 3. The summed E-state index contributed by atoms with van der Waals surface area (Å²) in [6, 6.07) is 38.8. The molecule has 2 unspecified atom stereocenters. The average molecular weight is 554 g/mol. The van der Waals surface area contributed by atoms with Gasteiger partial charge in [0.2, 0.25) is 0 Å². The standard InChI is InChI=1S/C40H31N3/c1-3-12-29(13-4-1)36-27-37(42-40(41-36)30-14-5-2-6-15-30)32-17-11-16-31(26-32)28-22-24-33(25-23-28)43-38-20-9-7-18-34(38)35-19-8-10-21-39(35)43/h1-12,14-22,24-29H,13,23H2. The summed E-state index contributed by atoms with van der Waals surface area (Å²) >= 11 is 0. The predicted molar refractivity (Wildman–Crippen MR) is 179 cm³/mol. The second kappa shape index (κ2) is 10.8. The first-order valence-electron chi connectivity index (χ1n) is 15.1. The first-order valence-corrected chi connectivity index (χ1v) is 15.1. The van der Waals surface area contributed by atoms with Crippen molar-refractivity contribution in [1.82, 2.24) is 14.5 Å². The Morgan fingerprint density at radius 3 is 2.07 bits per heavy atom. The molecule has 0 bridgehead atoms. The normalized spacial score (nSPS) is 17.9. The van der Waals surface area contributed by atoms with Crippen molar-refractivity contribution in [2.24, 2.45) is 0 Å². The largest absolute Gasteiger partial charge is 0.310 e. The van der Waals surface area contributed by atoms with Crippen LogP contribution in [0, 0.1) is 0 Å². The van der Waals surface area contributed by atoms with Gasteiger partial charge in [-0.15, -0.1) is 0 Å². The summed E-state index contributed by atoms with van der Waals surface area (Å²) in [7, 11) is 0. The van der Waals surface area contributed by atoms with Crippen LogP contribution in [0.2, 0.25) is 0 Å². The molecule has 2 heterocycles. The summed E-state index contributed by atoms with van der Waals surface area (Å²) in [5, 5.41) is 2.59. The molecular weight excluding hydrogens is 522 g/mol. The third-order valence-corrected chi connectivity index (χ3v) is 8.67. The van der Waals surface area contributed by atoms with Gasteiger partial charge in [0.05, 0.1) is 22.4 Å². The zero-order chi connectivity index (χ0) is 28.6. The summed E-state index contributed by atoms with van der Waals surface area (Å²) in [4.78, 5) is 10.1. The molecule has 206 valence electrons. The third kappa shape index (κ3) is 4.73. The summed E-state index contributed by atoms with van der Waals surface area (Å²) in [6.45, 7) is 0. The van der Waals surface area contributed by atoms with Crippen molar-refractivity contribution in [1.29, 1.82) is 0 Å². The molecule has 3 nitrogen and oxygen atoms in total. The Balaban J connectivity index is 1.13. The van der Waals surface area contributed by atoms with E-state index in [0.717, 1.165) is 41.2 Å². The monoisotopic (exact) mass is 553 g/mol. The maximum absolute atomic E-state index is 5.07. The molecule has 0 N–H and O–H groups in total. The molecule has 0 saturated heterocycles. The quantitative estimate of drug-likeness (QED) is 0.213. The number of nitrogens with zero attached hydrogens (tertiary/aromatic N) is 3. The van der Waals surface area contributed by atoms with Gasteiger partial charge in [0.15, 0.2) is 5.82 Å². The molecule has 2 aromatic heterocycles. The summed E-state index contributed by atoms with van der Waals surface area (Å²) in [5.41, 5.74) is 9.21. The van der Waals surface area contributed by atoms with E-state index in [1.54, 1.807) is 0 Å². The molecule has 0 fully saturated rings. The van der Waals surface area contributed by atoms with E-state index in [2.05, 4.69) is 138 Å². The molecule has 0 aliphatic heterocycles. The lowest BCUT2D eigenvalue weighted by molar-refractivity contribution is 0.811. The molecule has 2 aliphatic rings. The van der Waals surface area contributed by atoms with Crippen LogP contribution in [0.4, 0.5) is 0 Å². The van der Waals surface area contributed by atoms with E-state index in [0.29, 0.717) is 5.92 Å². The van der Waals surface area contributed by atoms with Crippen LogP contribution in [-0.4, -0.2) is 14.5 Å². The SMILES string of the molecule is C1=CCC(c2cc(-c3cccc(C4C=CC(n5c6ccccc6c6ccccc65)=CC4)c3)nc(-c3ccccc3)n2)C=C1. The van der Waals surface area contributed by atoms with Crippen LogP contribution in [0.15, 0.2) is 152 Å². The number of allylic oxidation sites excluding steroid dienone is 8. The van der Waals surface area contributed by atoms with E-state index in [9.17, 15) is 0 Å². The molecule has 0 saturated carbocycles. The van der Waals surface area contributed by atoms with E-state index in [1.807, 2.05) is 18.2 Å². The van der Waals surface area contributed by atoms with Gasteiger partial charge in [-0.1, -0.05) is 121 Å². The minimum atomic E-state index is 0.253. The second-order valence-electron chi connectivity index (χ2n) is 11.3. The lowest BCUT2D eigenvalue weighted by atomic mass is 9.90. The van der Waals surface area contributed by atoms with Crippen molar-refractivity contribution in [3.05, 3.63) is 163 Å². The number of benzene rings is 4. The topological polar surface area (TPSA) is 30.7 Å². The van der Waals surface area contributed by atoms with Gasteiger partial charge in [0.25, 0.3) is 0 Å². The molecule has 0 radical (unpaired) electrons. The van der Waals surface area contributed by atoms with Gasteiger partial charge < -0.3 is 4.57 Å². The van der Waals surface area contributed by atoms with Crippen LogP contribution in [0.3, 0.4) is 0 Å². The van der Waals surface area contributed by atoms with E-state index in [-0.39, 0.29) is 5.92 Å². The minimum absolute atomic E-state index is 0.253. The highest BCUT2D eigenvalue weighted by Crippen LogP contribution is 2.36. The highest BCUT2D eigenvalue weighted by Gasteiger charge is 2.19. The highest BCUT2D eigenvalue weighted by atomic mass is 15.0. The number of hydrogen-bond acceptors (Lipinski definition) is 2. The number of para-hydroxylation sites is 2. The van der Waals surface area contributed by atoms with E-state index >= 15 is 0 Å². The van der Waals surface area contributed by atoms with Crippen molar-refractivity contribution >= 4 is 27.5 Å². The Bertz CT molecular complexity index is 2040. The molecule has 6 aromatic rings. The fourth-order valence-corrected chi connectivity index (χ4v) is 6.47. The van der Waals surface area contributed by atoms with E-state index in [1.165, 1.54) is 33.1 Å². The Kier molecular flexibility index (Phi) is 6.42. The number of rotatable bonds is 5. The van der Waals surface area contributed by atoms with Crippen LogP contribution in [0.5, 0.6) is 0 Å². The molecule has 2 atom stereocenters. The Hall–Kier alpha value is -5.28. The van der Waals surface area contributed by atoms with Crippen molar-refractivity contribution in [3.8, 4) is 22.6 Å². The maximum Gasteiger partial charge on any atom is 0.160 e. The third-order valence-electron chi connectivity index (χ3n) is 8.67. The maximum atomic E-state index is 5.07.